The highest BCUT2D eigenvalue weighted by molar-refractivity contribution is 9.11. The zero-order chi connectivity index (χ0) is 16.0. The second kappa shape index (κ2) is 8.29. The van der Waals surface area contributed by atoms with E-state index >= 15 is 0 Å². The number of thiophene rings is 1. The number of hydrogen-bond donors (Lipinski definition) is 2. The predicted molar refractivity (Wildman–Crippen MR) is 94.5 cm³/mol. The van der Waals surface area contributed by atoms with E-state index in [1.807, 2.05) is 14.0 Å². The third-order valence-corrected chi connectivity index (χ3v) is 5.27. The van der Waals surface area contributed by atoms with Gasteiger partial charge in [0.15, 0.2) is 5.96 Å². The van der Waals surface area contributed by atoms with Crippen LogP contribution >= 0.6 is 27.3 Å². The molecule has 0 unspecified atom stereocenters. The average Bonchev–Trinajstić information content (AvgIpc) is 2.89. The minimum Gasteiger partial charge on any atom is -0.388 e. The first-order valence-electron chi connectivity index (χ1n) is 7.56. The number of nitrogens with one attached hydrogen (secondary N) is 1. The summed E-state index contributed by atoms with van der Waals surface area (Å²) in [6.07, 6.45) is 1.30. The molecule has 0 atom stereocenters. The SMILES string of the molecule is CCNC(=NCC1(O)CCOCC1)N(C)Cc1ccc(Br)s1. The maximum absolute atomic E-state index is 10.5. The van der Waals surface area contributed by atoms with E-state index in [0.29, 0.717) is 32.6 Å². The number of guanidine groups is 1. The summed E-state index contributed by atoms with van der Waals surface area (Å²) in [6, 6.07) is 4.17. The molecule has 124 valence electrons. The van der Waals surface area contributed by atoms with Crippen LogP contribution in [-0.2, 0) is 11.3 Å². The molecule has 0 spiro atoms. The van der Waals surface area contributed by atoms with E-state index in [2.05, 4.69) is 43.3 Å². The first-order chi connectivity index (χ1) is 10.5. The lowest BCUT2D eigenvalue weighted by atomic mass is 9.95. The Labute approximate surface area is 144 Å². The zero-order valence-electron chi connectivity index (χ0n) is 13.1. The second-order valence-electron chi connectivity index (χ2n) is 5.57. The van der Waals surface area contributed by atoms with Crippen LogP contribution in [0.5, 0.6) is 0 Å². The second-order valence-corrected chi connectivity index (χ2v) is 8.12. The summed E-state index contributed by atoms with van der Waals surface area (Å²) in [5, 5.41) is 13.8. The van der Waals surface area contributed by atoms with Crippen LogP contribution < -0.4 is 5.32 Å². The molecule has 1 fully saturated rings. The molecule has 1 aliphatic heterocycles. The zero-order valence-corrected chi connectivity index (χ0v) is 15.5. The van der Waals surface area contributed by atoms with Gasteiger partial charge in [0.25, 0.3) is 0 Å². The molecule has 7 heteroatoms. The van der Waals surface area contributed by atoms with E-state index in [9.17, 15) is 5.11 Å². The number of halogens is 1. The Hall–Kier alpha value is -0.630. The van der Waals surface area contributed by atoms with Gasteiger partial charge in [-0.2, -0.15) is 0 Å². The number of ether oxygens (including phenoxy) is 1. The van der Waals surface area contributed by atoms with Gasteiger partial charge in [0.2, 0.25) is 0 Å². The highest BCUT2D eigenvalue weighted by Crippen LogP contribution is 2.23. The van der Waals surface area contributed by atoms with Crippen molar-refractivity contribution in [1.82, 2.24) is 10.2 Å². The summed E-state index contributed by atoms with van der Waals surface area (Å²) in [5.74, 6) is 0.826. The lowest BCUT2D eigenvalue weighted by Gasteiger charge is -2.31. The fourth-order valence-corrected chi connectivity index (χ4v) is 3.88. The summed E-state index contributed by atoms with van der Waals surface area (Å²) >= 11 is 5.21. The van der Waals surface area contributed by atoms with Gasteiger partial charge < -0.3 is 20.1 Å². The Bertz CT molecular complexity index is 501. The molecule has 5 nitrogen and oxygen atoms in total. The molecule has 0 amide bonds. The first kappa shape index (κ1) is 17.7. The Morgan fingerprint density at radius 3 is 2.82 bits per heavy atom. The smallest absolute Gasteiger partial charge is 0.194 e. The van der Waals surface area contributed by atoms with Crippen molar-refractivity contribution in [2.45, 2.75) is 31.9 Å². The number of aliphatic hydroxyl groups is 1. The summed E-state index contributed by atoms with van der Waals surface area (Å²) in [6.45, 7) is 5.29. The van der Waals surface area contributed by atoms with E-state index < -0.39 is 5.60 Å². The van der Waals surface area contributed by atoms with E-state index in [1.54, 1.807) is 11.3 Å². The van der Waals surface area contributed by atoms with Gasteiger partial charge in [0.1, 0.15) is 0 Å². The Morgan fingerprint density at radius 1 is 1.50 bits per heavy atom. The van der Waals surface area contributed by atoms with Crippen LogP contribution in [0.4, 0.5) is 0 Å². The number of aliphatic imine (C=N–C) groups is 1. The van der Waals surface area contributed by atoms with Crippen molar-refractivity contribution in [3.05, 3.63) is 20.8 Å². The Balaban J connectivity index is 1.99. The number of nitrogens with zero attached hydrogens (tertiary/aromatic N) is 2. The van der Waals surface area contributed by atoms with Crippen molar-refractivity contribution >= 4 is 33.2 Å². The largest absolute Gasteiger partial charge is 0.388 e. The summed E-state index contributed by atoms with van der Waals surface area (Å²) < 4.78 is 6.44. The monoisotopic (exact) mass is 389 g/mol. The fraction of sp³-hybridized carbons (Fsp3) is 0.667. The summed E-state index contributed by atoms with van der Waals surface area (Å²) in [5.41, 5.74) is -0.730. The molecule has 1 aromatic heterocycles. The minimum absolute atomic E-state index is 0.414. The van der Waals surface area contributed by atoms with Crippen molar-refractivity contribution in [3.63, 3.8) is 0 Å². The first-order valence-corrected chi connectivity index (χ1v) is 9.17. The molecule has 2 rings (SSSR count). The molecule has 1 aromatic rings. The highest BCUT2D eigenvalue weighted by Gasteiger charge is 2.29. The topological polar surface area (TPSA) is 57.1 Å². The van der Waals surface area contributed by atoms with E-state index in [0.717, 1.165) is 22.8 Å². The quantitative estimate of drug-likeness (QED) is 0.599. The predicted octanol–water partition coefficient (Wildman–Crippen LogP) is 2.45. The maximum Gasteiger partial charge on any atom is 0.194 e. The van der Waals surface area contributed by atoms with Gasteiger partial charge in [-0.1, -0.05) is 0 Å². The normalized spacial score (nSPS) is 18.3. The fourth-order valence-electron chi connectivity index (χ4n) is 2.35. The van der Waals surface area contributed by atoms with Gasteiger partial charge in [-0.25, -0.2) is 0 Å². The molecule has 1 aliphatic rings. The minimum atomic E-state index is -0.730. The molecule has 2 N–H and O–H groups in total. The van der Waals surface area contributed by atoms with Crippen molar-refractivity contribution in [2.24, 2.45) is 4.99 Å². The molecule has 0 bridgehead atoms. The standard InChI is InChI=1S/C15H24BrN3O2S/c1-3-17-14(18-11-15(20)6-8-21-9-7-15)19(2)10-12-4-5-13(16)22-12/h4-5,20H,3,6-11H2,1-2H3,(H,17,18). The third kappa shape index (κ3) is 5.22. The van der Waals surface area contributed by atoms with E-state index in [4.69, 9.17) is 4.74 Å². The molecule has 0 aromatic carbocycles. The van der Waals surface area contributed by atoms with Gasteiger partial charge in [-0.05, 0) is 35.0 Å². The molecular weight excluding hydrogens is 366 g/mol. The molecule has 2 heterocycles. The lowest BCUT2D eigenvalue weighted by molar-refractivity contribution is -0.0566. The Kier molecular flexibility index (Phi) is 6.67. The average molecular weight is 390 g/mol. The Morgan fingerprint density at radius 2 is 2.23 bits per heavy atom. The summed E-state index contributed by atoms with van der Waals surface area (Å²) in [7, 11) is 2.02. The molecule has 0 radical (unpaired) electrons. The van der Waals surface area contributed by atoms with Crippen molar-refractivity contribution in [2.75, 3.05) is 33.4 Å². The van der Waals surface area contributed by atoms with Crippen LogP contribution in [-0.4, -0.2) is 54.9 Å². The van der Waals surface area contributed by atoms with E-state index in [-0.39, 0.29) is 0 Å². The highest BCUT2D eigenvalue weighted by atomic mass is 79.9. The van der Waals surface area contributed by atoms with Crippen LogP contribution in [0.25, 0.3) is 0 Å². The van der Waals surface area contributed by atoms with Crippen molar-refractivity contribution < 1.29 is 9.84 Å². The van der Waals surface area contributed by atoms with Crippen LogP contribution in [0, 0.1) is 0 Å². The van der Waals surface area contributed by atoms with Crippen molar-refractivity contribution in [1.29, 1.82) is 0 Å². The van der Waals surface area contributed by atoms with Gasteiger partial charge in [0, 0.05) is 44.5 Å². The van der Waals surface area contributed by atoms with Crippen molar-refractivity contribution in [3.8, 4) is 0 Å². The van der Waals surface area contributed by atoms with Crippen LogP contribution in [0.15, 0.2) is 20.9 Å². The maximum atomic E-state index is 10.5. The van der Waals surface area contributed by atoms with Gasteiger partial charge in [-0.3, -0.25) is 4.99 Å². The van der Waals surface area contributed by atoms with Crippen LogP contribution in [0.3, 0.4) is 0 Å². The molecule has 0 aliphatic carbocycles. The van der Waals surface area contributed by atoms with E-state index in [1.165, 1.54) is 4.88 Å². The number of rotatable bonds is 5. The lowest BCUT2D eigenvalue weighted by Crippen LogP contribution is -2.42. The molecule has 22 heavy (non-hydrogen) atoms. The summed E-state index contributed by atoms with van der Waals surface area (Å²) in [4.78, 5) is 7.99. The molecule has 0 saturated carbocycles. The number of hydrogen-bond acceptors (Lipinski definition) is 4. The van der Waals surface area contributed by atoms with Crippen LogP contribution in [0.1, 0.15) is 24.6 Å². The van der Waals surface area contributed by atoms with Gasteiger partial charge in [0.05, 0.1) is 22.5 Å². The van der Waals surface area contributed by atoms with Crippen LogP contribution in [0.2, 0.25) is 0 Å². The van der Waals surface area contributed by atoms with Gasteiger partial charge >= 0.3 is 0 Å². The third-order valence-electron chi connectivity index (χ3n) is 3.66. The van der Waals surface area contributed by atoms with Gasteiger partial charge in [-0.15, -0.1) is 11.3 Å². The molecule has 1 saturated heterocycles. The molecular formula is C15H24BrN3O2S.